The molecule has 2 heterocycles. The zero-order valence-corrected chi connectivity index (χ0v) is 15.6. The van der Waals surface area contributed by atoms with Crippen molar-refractivity contribution in [1.82, 2.24) is 10.3 Å². The molecule has 1 aliphatic rings. The Kier molecular flexibility index (Phi) is 4.63. The number of carbonyl (C=O) groups excluding carboxylic acids is 1. The summed E-state index contributed by atoms with van der Waals surface area (Å²) in [5.74, 6) is 0.661. The van der Waals surface area contributed by atoms with Crippen molar-refractivity contribution in [3.05, 3.63) is 82.5 Å². The summed E-state index contributed by atoms with van der Waals surface area (Å²) in [7, 11) is 0. The first kappa shape index (κ1) is 17.3. The zero-order chi connectivity index (χ0) is 18.8. The summed E-state index contributed by atoms with van der Waals surface area (Å²) < 4.78 is 5.81. The molecule has 2 aromatic carbocycles. The molecule has 0 unspecified atom stereocenters. The van der Waals surface area contributed by atoms with E-state index in [0.717, 1.165) is 34.6 Å². The minimum Gasteiger partial charge on any atom is -0.491 e. The van der Waals surface area contributed by atoms with Gasteiger partial charge < -0.3 is 10.1 Å². The molecule has 0 bridgehead atoms. The van der Waals surface area contributed by atoms with Crippen LogP contribution in [0.3, 0.4) is 0 Å². The third-order valence-corrected chi connectivity index (χ3v) is 5.14. The lowest BCUT2D eigenvalue weighted by Crippen LogP contribution is -2.24. The fourth-order valence-electron chi connectivity index (χ4n) is 3.46. The minimum atomic E-state index is -0.0580. The van der Waals surface area contributed by atoms with Gasteiger partial charge in [0.15, 0.2) is 0 Å². The van der Waals surface area contributed by atoms with Gasteiger partial charge >= 0.3 is 0 Å². The van der Waals surface area contributed by atoms with Crippen molar-refractivity contribution in [3.8, 4) is 17.0 Å². The van der Waals surface area contributed by atoms with Gasteiger partial charge in [-0.25, -0.2) is 0 Å². The van der Waals surface area contributed by atoms with E-state index in [0.29, 0.717) is 18.7 Å². The SMILES string of the molecule is Cc1c(Cc2ccc(-c3ccccn3)cc2)cc2c(c1C)OCCNC2=O. The lowest BCUT2D eigenvalue weighted by Gasteiger charge is -2.16. The second-order valence-electron chi connectivity index (χ2n) is 6.86. The van der Waals surface area contributed by atoms with E-state index < -0.39 is 0 Å². The molecule has 1 N–H and O–H groups in total. The van der Waals surface area contributed by atoms with Gasteiger partial charge in [-0.3, -0.25) is 9.78 Å². The first-order chi connectivity index (χ1) is 13.1. The van der Waals surface area contributed by atoms with E-state index in [9.17, 15) is 4.79 Å². The van der Waals surface area contributed by atoms with Crippen LogP contribution in [0, 0.1) is 13.8 Å². The number of benzene rings is 2. The Hall–Kier alpha value is -3.14. The highest BCUT2D eigenvalue weighted by atomic mass is 16.5. The largest absolute Gasteiger partial charge is 0.491 e. The fourth-order valence-corrected chi connectivity index (χ4v) is 3.46. The highest BCUT2D eigenvalue weighted by molar-refractivity contribution is 5.98. The topological polar surface area (TPSA) is 51.2 Å². The molecule has 4 nitrogen and oxygen atoms in total. The number of aromatic nitrogens is 1. The number of fused-ring (bicyclic) bond motifs is 1. The van der Waals surface area contributed by atoms with E-state index in [1.165, 1.54) is 11.1 Å². The number of ether oxygens (including phenoxy) is 1. The molecule has 0 fully saturated rings. The fraction of sp³-hybridized carbons (Fsp3) is 0.217. The van der Waals surface area contributed by atoms with Gasteiger partial charge in [-0.1, -0.05) is 30.3 Å². The normalized spacial score (nSPS) is 13.3. The Balaban J connectivity index is 1.65. The first-order valence-corrected chi connectivity index (χ1v) is 9.18. The average Bonchev–Trinajstić information content (AvgIpc) is 2.89. The third kappa shape index (κ3) is 3.43. The highest BCUT2D eigenvalue weighted by Gasteiger charge is 2.21. The average molecular weight is 358 g/mol. The molecule has 1 amide bonds. The van der Waals surface area contributed by atoms with E-state index in [1.807, 2.05) is 31.2 Å². The standard InChI is InChI=1S/C23H22N2O2/c1-15-16(2)22-20(23(26)25-11-12-27-22)14-19(15)13-17-6-8-18(9-7-17)21-5-3-4-10-24-21/h3-10,14H,11-13H2,1-2H3,(H,25,26). The van der Waals surface area contributed by atoms with Crippen LogP contribution in [0.1, 0.15) is 32.6 Å². The van der Waals surface area contributed by atoms with Crippen LogP contribution >= 0.6 is 0 Å². The number of nitrogens with one attached hydrogen (secondary N) is 1. The van der Waals surface area contributed by atoms with Gasteiger partial charge in [0.2, 0.25) is 0 Å². The molecule has 27 heavy (non-hydrogen) atoms. The van der Waals surface area contributed by atoms with Crippen LogP contribution in [0.25, 0.3) is 11.3 Å². The van der Waals surface area contributed by atoms with Gasteiger partial charge in [0.05, 0.1) is 17.8 Å². The van der Waals surface area contributed by atoms with Crippen molar-refractivity contribution in [3.63, 3.8) is 0 Å². The second kappa shape index (κ2) is 7.23. The lowest BCUT2D eigenvalue weighted by atomic mass is 9.93. The van der Waals surface area contributed by atoms with Crippen molar-refractivity contribution in [1.29, 1.82) is 0 Å². The van der Waals surface area contributed by atoms with Crippen LogP contribution in [0.15, 0.2) is 54.7 Å². The molecule has 1 aromatic heterocycles. The van der Waals surface area contributed by atoms with Crippen LogP contribution in [0.5, 0.6) is 5.75 Å². The third-order valence-electron chi connectivity index (χ3n) is 5.14. The minimum absolute atomic E-state index is 0.0580. The molecular formula is C23H22N2O2. The van der Waals surface area contributed by atoms with Crippen LogP contribution in [-0.4, -0.2) is 24.0 Å². The maximum atomic E-state index is 12.4. The number of pyridine rings is 1. The van der Waals surface area contributed by atoms with E-state index in [4.69, 9.17) is 4.74 Å². The molecule has 0 spiro atoms. The Morgan fingerprint density at radius 3 is 2.63 bits per heavy atom. The summed E-state index contributed by atoms with van der Waals surface area (Å²) in [6, 6.07) is 16.3. The van der Waals surface area contributed by atoms with Crippen molar-refractivity contribution in [2.45, 2.75) is 20.3 Å². The van der Waals surface area contributed by atoms with Gasteiger partial charge in [-0.05, 0) is 60.7 Å². The van der Waals surface area contributed by atoms with Gasteiger partial charge in [0.25, 0.3) is 5.91 Å². The summed E-state index contributed by atoms with van der Waals surface area (Å²) in [6.07, 6.45) is 2.58. The number of carbonyl (C=O) groups is 1. The summed E-state index contributed by atoms with van der Waals surface area (Å²) in [5.41, 5.74) is 7.28. The second-order valence-corrected chi connectivity index (χ2v) is 6.86. The predicted molar refractivity (Wildman–Crippen MR) is 106 cm³/mol. The van der Waals surface area contributed by atoms with Crippen LogP contribution < -0.4 is 10.1 Å². The van der Waals surface area contributed by atoms with Gasteiger partial charge in [-0.15, -0.1) is 0 Å². The highest BCUT2D eigenvalue weighted by Crippen LogP contribution is 2.31. The van der Waals surface area contributed by atoms with Crippen LogP contribution in [-0.2, 0) is 6.42 Å². The molecule has 4 rings (SSSR count). The van der Waals surface area contributed by atoms with Gasteiger partial charge in [-0.2, -0.15) is 0 Å². The Labute approximate surface area is 159 Å². The van der Waals surface area contributed by atoms with Crippen molar-refractivity contribution >= 4 is 5.91 Å². The molecular weight excluding hydrogens is 336 g/mol. The molecule has 4 heteroatoms. The quantitative estimate of drug-likeness (QED) is 0.768. The lowest BCUT2D eigenvalue weighted by molar-refractivity contribution is 0.0957. The molecule has 0 saturated carbocycles. The predicted octanol–water partition coefficient (Wildman–Crippen LogP) is 4.08. The van der Waals surface area contributed by atoms with Crippen LogP contribution in [0.4, 0.5) is 0 Å². The van der Waals surface area contributed by atoms with Gasteiger partial charge in [0.1, 0.15) is 12.4 Å². The Morgan fingerprint density at radius 1 is 1.07 bits per heavy atom. The molecule has 0 atom stereocenters. The zero-order valence-electron chi connectivity index (χ0n) is 15.6. The molecule has 3 aromatic rings. The number of amides is 1. The van der Waals surface area contributed by atoms with Crippen molar-refractivity contribution in [2.75, 3.05) is 13.2 Å². The summed E-state index contributed by atoms with van der Waals surface area (Å²) in [6.45, 7) is 5.17. The van der Waals surface area contributed by atoms with Crippen LogP contribution in [0.2, 0.25) is 0 Å². The van der Waals surface area contributed by atoms with Crippen molar-refractivity contribution in [2.24, 2.45) is 0 Å². The van der Waals surface area contributed by atoms with E-state index >= 15 is 0 Å². The summed E-state index contributed by atoms with van der Waals surface area (Å²) in [4.78, 5) is 16.8. The number of hydrogen-bond donors (Lipinski definition) is 1. The smallest absolute Gasteiger partial charge is 0.255 e. The monoisotopic (exact) mass is 358 g/mol. The number of hydrogen-bond acceptors (Lipinski definition) is 3. The first-order valence-electron chi connectivity index (χ1n) is 9.18. The molecule has 0 saturated heterocycles. The molecule has 0 aliphatic carbocycles. The Morgan fingerprint density at radius 2 is 1.89 bits per heavy atom. The van der Waals surface area contributed by atoms with E-state index in [1.54, 1.807) is 6.20 Å². The number of nitrogens with zero attached hydrogens (tertiary/aromatic N) is 1. The summed E-state index contributed by atoms with van der Waals surface area (Å²) in [5, 5.41) is 2.89. The van der Waals surface area contributed by atoms with E-state index in [2.05, 4.69) is 41.5 Å². The molecule has 0 radical (unpaired) electrons. The maximum absolute atomic E-state index is 12.4. The van der Waals surface area contributed by atoms with Crippen molar-refractivity contribution < 1.29 is 9.53 Å². The van der Waals surface area contributed by atoms with Gasteiger partial charge in [0, 0.05) is 11.8 Å². The molecule has 1 aliphatic heterocycles. The molecule has 136 valence electrons. The Bertz CT molecular complexity index is 980. The van der Waals surface area contributed by atoms with E-state index in [-0.39, 0.29) is 5.91 Å². The maximum Gasteiger partial charge on any atom is 0.255 e. The summed E-state index contributed by atoms with van der Waals surface area (Å²) >= 11 is 0. The number of rotatable bonds is 3.